The first-order chi connectivity index (χ1) is 13.8. The third kappa shape index (κ3) is 9.96. The van der Waals surface area contributed by atoms with Crippen LogP contribution in [0.15, 0.2) is 35.3 Å². The van der Waals surface area contributed by atoms with Crippen LogP contribution in [0.25, 0.3) is 0 Å². The maximum absolute atomic E-state index is 12.4. The van der Waals surface area contributed by atoms with E-state index in [0.717, 1.165) is 39.5 Å². The maximum atomic E-state index is 12.4. The summed E-state index contributed by atoms with van der Waals surface area (Å²) in [6, 6.07) is 10.5. The van der Waals surface area contributed by atoms with Crippen LogP contribution in [0.5, 0.6) is 0 Å². The largest absolute Gasteiger partial charge is 0.406 e. The highest BCUT2D eigenvalue weighted by Crippen LogP contribution is 2.16. The van der Waals surface area contributed by atoms with E-state index in [2.05, 4.69) is 32.7 Å². The van der Waals surface area contributed by atoms with Gasteiger partial charge in [0.05, 0.1) is 0 Å². The van der Waals surface area contributed by atoms with E-state index in [4.69, 9.17) is 0 Å². The van der Waals surface area contributed by atoms with Crippen molar-refractivity contribution in [1.29, 1.82) is 0 Å². The van der Waals surface area contributed by atoms with Crippen molar-refractivity contribution >= 4 is 35.8 Å². The molecule has 1 heterocycles. The second kappa shape index (κ2) is 13.0. The van der Waals surface area contributed by atoms with Crippen molar-refractivity contribution in [3.63, 3.8) is 0 Å². The summed E-state index contributed by atoms with van der Waals surface area (Å²) in [6.45, 7) is 3.71. The SMILES string of the molecule is CCNC(=NCC(=O)N(C)CC(F)(F)F)NC1CCN(Cc2ccccc2)CC1.I. The summed E-state index contributed by atoms with van der Waals surface area (Å²) in [4.78, 5) is 19.1. The number of halogens is 4. The van der Waals surface area contributed by atoms with Crippen molar-refractivity contribution in [1.82, 2.24) is 20.4 Å². The van der Waals surface area contributed by atoms with E-state index >= 15 is 0 Å². The van der Waals surface area contributed by atoms with Crippen LogP contribution >= 0.6 is 24.0 Å². The fraction of sp³-hybridized carbons (Fsp3) is 0.600. The van der Waals surface area contributed by atoms with Gasteiger partial charge in [0.1, 0.15) is 13.1 Å². The molecule has 2 N–H and O–H groups in total. The first kappa shape index (κ1) is 26.5. The molecular weight excluding hydrogens is 510 g/mol. The van der Waals surface area contributed by atoms with Crippen molar-refractivity contribution in [2.75, 3.05) is 39.8 Å². The number of amides is 1. The molecule has 2 rings (SSSR count). The number of alkyl halides is 3. The zero-order chi connectivity index (χ0) is 21.3. The minimum atomic E-state index is -4.41. The normalized spacial score (nSPS) is 16.0. The molecule has 6 nitrogen and oxygen atoms in total. The first-order valence-electron chi connectivity index (χ1n) is 9.88. The molecule has 1 amide bonds. The van der Waals surface area contributed by atoms with Gasteiger partial charge in [-0.2, -0.15) is 13.2 Å². The van der Waals surface area contributed by atoms with Crippen LogP contribution in [-0.2, 0) is 11.3 Å². The number of rotatable bonds is 7. The van der Waals surface area contributed by atoms with E-state index in [9.17, 15) is 18.0 Å². The lowest BCUT2D eigenvalue weighted by Gasteiger charge is -2.33. The molecule has 10 heteroatoms. The van der Waals surface area contributed by atoms with Crippen LogP contribution in [0.2, 0.25) is 0 Å². The highest BCUT2D eigenvalue weighted by molar-refractivity contribution is 14.0. The molecule has 0 atom stereocenters. The van der Waals surface area contributed by atoms with Crippen molar-refractivity contribution in [3.8, 4) is 0 Å². The Bertz CT molecular complexity index is 664. The molecule has 30 heavy (non-hydrogen) atoms. The summed E-state index contributed by atoms with van der Waals surface area (Å²) in [5.41, 5.74) is 1.29. The Morgan fingerprint density at radius 2 is 1.87 bits per heavy atom. The number of guanidine groups is 1. The van der Waals surface area contributed by atoms with Crippen LogP contribution in [0.1, 0.15) is 25.3 Å². The molecule has 1 aliphatic heterocycles. The zero-order valence-corrected chi connectivity index (χ0v) is 19.7. The molecular formula is C20H31F3IN5O. The van der Waals surface area contributed by atoms with Crippen LogP contribution in [-0.4, -0.2) is 73.7 Å². The summed E-state index contributed by atoms with van der Waals surface area (Å²) < 4.78 is 37.2. The Morgan fingerprint density at radius 3 is 2.43 bits per heavy atom. The number of carbonyl (C=O) groups excluding carboxylic acids is 1. The number of nitrogens with one attached hydrogen (secondary N) is 2. The molecule has 0 radical (unpaired) electrons. The third-order valence-corrected chi connectivity index (χ3v) is 4.74. The molecule has 0 bridgehead atoms. The van der Waals surface area contributed by atoms with Crippen LogP contribution in [0.4, 0.5) is 13.2 Å². The number of benzene rings is 1. The number of likely N-dealkylation sites (tertiary alicyclic amines) is 1. The predicted octanol–water partition coefficient (Wildman–Crippen LogP) is 2.84. The lowest BCUT2D eigenvalue weighted by molar-refractivity contribution is -0.157. The molecule has 1 saturated heterocycles. The first-order valence-corrected chi connectivity index (χ1v) is 9.88. The molecule has 1 aromatic rings. The quantitative estimate of drug-likeness (QED) is 0.317. The van der Waals surface area contributed by atoms with Crippen molar-refractivity contribution in [3.05, 3.63) is 35.9 Å². The summed E-state index contributed by atoms with van der Waals surface area (Å²) in [5, 5.41) is 6.36. The van der Waals surface area contributed by atoms with Gasteiger partial charge in [0.15, 0.2) is 5.96 Å². The van der Waals surface area contributed by atoms with Crippen molar-refractivity contribution in [2.24, 2.45) is 4.99 Å². The number of aliphatic imine (C=N–C) groups is 1. The number of likely N-dealkylation sites (N-methyl/N-ethyl adjacent to an activating group) is 1. The van der Waals surface area contributed by atoms with Crippen LogP contribution < -0.4 is 10.6 Å². The number of carbonyl (C=O) groups is 1. The fourth-order valence-corrected chi connectivity index (χ4v) is 3.21. The van der Waals surface area contributed by atoms with Gasteiger partial charge in [-0.1, -0.05) is 30.3 Å². The second-order valence-electron chi connectivity index (χ2n) is 7.24. The van der Waals surface area contributed by atoms with E-state index in [-0.39, 0.29) is 36.6 Å². The van der Waals surface area contributed by atoms with E-state index in [1.807, 2.05) is 25.1 Å². The fourth-order valence-electron chi connectivity index (χ4n) is 3.21. The van der Waals surface area contributed by atoms with Gasteiger partial charge in [-0.15, -0.1) is 24.0 Å². The van der Waals surface area contributed by atoms with Gasteiger partial charge in [0, 0.05) is 39.3 Å². The van der Waals surface area contributed by atoms with E-state index in [0.29, 0.717) is 17.4 Å². The molecule has 0 aromatic heterocycles. The van der Waals surface area contributed by atoms with E-state index < -0.39 is 18.6 Å². The minimum Gasteiger partial charge on any atom is -0.357 e. The highest BCUT2D eigenvalue weighted by atomic mass is 127. The average Bonchev–Trinajstić information content (AvgIpc) is 2.67. The zero-order valence-electron chi connectivity index (χ0n) is 17.4. The lowest BCUT2D eigenvalue weighted by atomic mass is 10.0. The average molecular weight is 541 g/mol. The third-order valence-electron chi connectivity index (χ3n) is 4.74. The van der Waals surface area contributed by atoms with E-state index in [1.54, 1.807) is 0 Å². The molecule has 0 spiro atoms. The summed E-state index contributed by atoms with van der Waals surface area (Å²) in [7, 11) is 1.13. The minimum absolute atomic E-state index is 0. The summed E-state index contributed by atoms with van der Waals surface area (Å²) in [5.74, 6) is -0.208. The number of hydrogen-bond donors (Lipinski definition) is 2. The standard InChI is InChI=1S/C20H30F3N5O.HI/c1-3-24-19(25-13-18(29)27(2)15-20(21,22)23)26-17-9-11-28(12-10-17)14-16-7-5-4-6-8-16;/h4-8,17H,3,9-15H2,1-2H3,(H2,24,25,26);1H. The Kier molecular flexibility index (Phi) is 11.5. The Morgan fingerprint density at radius 1 is 1.23 bits per heavy atom. The van der Waals surface area contributed by atoms with Gasteiger partial charge < -0.3 is 15.5 Å². The smallest absolute Gasteiger partial charge is 0.357 e. The molecule has 0 saturated carbocycles. The molecule has 0 aliphatic carbocycles. The summed E-state index contributed by atoms with van der Waals surface area (Å²) in [6.07, 6.45) is -2.55. The molecule has 1 aromatic carbocycles. The van der Waals surface area contributed by atoms with Crippen molar-refractivity contribution in [2.45, 2.75) is 38.5 Å². The van der Waals surface area contributed by atoms with Crippen LogP contribution in [0.3, 0.4) is 0 Å². The van der Waals surface area contributed by atoms with Crippen LogP contribution in [0, 0.1) is 0 Å². The molecule has 170 valence electrons. The number of piperidine rings is 1. The Balaban J connectivity index is 0.00000450. The summed E-state index contributed by atoms with van der Waals surface area (Å²) >= 11 is 0. The number of nitrogens with zero attached hydrogens (tertiary/aromatic N) is 3. The lowest BCUT2D eigenvalue weighted by Crippen LogP contribution is -2.49. The maximum Gasteiger partial charge on any atom is 0.406 e. The Labute approximate surface area is 193 Å². The van der Waals surface area contributed by atoms with Gasteiger partial charge in [0.2, 0.25) is 5.91 Å². The predicted molar refractivity (Wildman–Crippen MR) is 123 cm³/mol. The van der Waals surface area contributed by atoms with Gasteiger partial charge in [0.25, 0.3) is 0 Å². The highest BCUT2D eigenvalue weighted by Gasteiger charge is 2.31. The number of hydrogen-bond acceptors (Lipinski definition) is 3. The van der Waals surface area contributed by atoms with Gasteiger partial charge in [-0.05, 0) is 25.3 Å². The topological polar surface area (TPSA) is 60.0 Å². The molecule has 1 fully saturated rings. The second-order valence-corrected chi connectivity index (χ2v) is 7.24. The van der Waals surface area contributed by atoms with Gasteiger partial charge in [-0.3, -0.25) is 9.69 Å². The van der Waals surface area contributed by atoms with Gasteiger partial charge >= 0.3 is 6.18 Å². The van der Waals surface area contributed by atoms with Crippen molar-refractivity contribution < 1.29 is 18.0 Å². The monoisotopic (exact) mass is 541 g/mol. The van der Waals surface area contributed by atoms with Gasteiger partial charge in [-0.25, -0.2) is 4.99 Å². The molecule has 0 unspecified atom stereocenters. The Hall–Kier alpha value is -1.56. The molecule has 1 aliphatic rings. The van der Waals surface area contributed by atoms with E-state index in [1.165, 1.54) is 5.56 Å².